The number of hydrogen-bond donors (Lipinski definition) is 1. The summed E-state index contributed by atoms with van der Waals surface area (Å²) in [7, 11) is 0. The zero-order chi connectivity index (χ0) is 15.6. The van der Waals surface area contributed by atoms with E-state index in [0.29, 0.717) is 18.3 Å². The maximum absolute atomic E-state index is 12.5. The highest BCUT2D eigenvalue weighted by atomic mass is 35.5. The molecule has 1 aromatic rings. The van der Waals surface area contributed by atoms with Gasteiger partial charge < -0.3 is 10.2 Å². The number of Topliss-reactive ketones (excluding diaryl/α,β-unsaturated/α-hetero) is 1. The molecule has 21 heavy (non-hydrogen) atoms. The SMILES string of the molecule is CC(=O)C1=NO[C@H](CNc2ncc(C(F)(F)F)cc2Cl)C1. The van der Waals surface area contributed by atoms with Crippen LogP contribution in [0.2, 0.25) is 5.02 Å². The van der Waals surface area contributed by atoms with E-state index in [1.54, 1.807) is 0 Å². The van der Waals surface area contributed by atoms with Crippen molar-refractivity contribution in [1.29, 1.82) is 0 Å². The summed E-state index contributed by atoms with van der Waals surface area (Å²) < 4.78 is 37.4. The fraction of sp³-hybridized carbons (Fsp3) is 0.417. The van der Waals surface area contributed by atoms with E-state index in [1.807, 2.05) is 0 Å². The monoisotopic (exact) mass is 321 g/mol. The lowest BCUT2D eigenvalue weighted by molar-refractivity contribution is -0.137. The van der Waals surface area contributed by atoms with Gasteiger partial charge in [0.15, 0.2) is 11.9 Å². The Bertz CT molecular complexity index is 590. The highest BCUT2D eigenvalue weighted by Crippen LogP contribution is 2.32. The number of nitrogens with zero attached hydrogens (tertiary/aromatic N) is 2. The third-order valence-corrected chi connectivity index (χ3v) is 3.09. The maximum Gasteiger partial charge on any atom is 0.417 e. The third kappa shape index (κ3) is 3.84. The van der Waals surface area contributed by atoms with Crippen molar-refractivity contribution in [3.05, 3.63) is 22.8 Å². The Hall–Kier alpha value is -1.83. The molecule has 0 fully saturated rings. The Balaban J connectivity index is 1.95. The van der Waals surface area contributed by atoms with Crippen LogP contribution in [0, 0.1) is 0 Å². The van der Waals surface area contributed by atoms with E-state index in [4.69, 9.17) is 16.4 Å². The lowest BCUT2D eigenvalue weighted by Crippen LogP contribution is -2.22. The van der Waals surface area contributed by atoms with Gasteiger partial charge in [0, 0.05) is 19.5 Å². The first-order chi connectivity index (χ1) is 9.77. The minimum Gasteiger partial charge on any atom is -0.390 e. The van der Waals surface area contributed by atoms with E-state index in [-0.39, 0.29) is 29.3 Å². The van der Waals surface area contributed by atoms with Gasteiger partial charge in [-0.15, -0.1) is 0 Å². The van der Waals surface area contributed by atoms with Crippen LogP contribution in [-0.4, -0.2) is 29.1 Å². The predicted molar refractivity (Wildman–Crippen MR) is 70.3 cm³/mol. The average Bonchev–Trinajstić information content (AvgIpc) is 2.85. The molecule has 0 amide bonds. The van der Waals surface area contributed by atoms with Crippen molar-refractivity contribution in [2.45, 2.75) is 25.6 Å². The van der Waals surface area contributed by atoms with Crippen LogP contribution in [0.1, 0.15) is 18.9 Å². The molecule has 1 aliphatic heterocycles. The van der Waals surface area contributed by atoms with Crippen LogP contribution >= 0.6 is 11.6 Å². The average molecular weight is 322 g/mol. The van der Waals surface area contributed by atoms with Crippen molar-refractivity contribution in [3.63, 3.8) is 0 Å². The van der Waals surface area contributed by atoms with Crippen LogP contribution in [0.15, 0.2) is 17.4 Å². The summed E-state index contributed by atoms with van der Waals surface area (Å²) >= 11 is 5.75. The van der Waals surface area contributed by atoms with Crippen LogP contribution in [0.25, 0.3) is 0 Å². The summed E-state index contributed by atoms with van der Waals surface area (Å²) in [6, 6.07) is 0.796. The Morgan fingerprint density at radius 2 is 2.29 bits per heavy atom. The van der Waals surface area contributed by atoms with Gasteiger partial charge in [0.05, 0.1) is 17.1 Å². The van der Waals surface area contributed by atoms with Gasteiger partial charge in [-0.25, -0.2) is 4.98 Å². The molecule has 5 nitrogen and oxygen atoms in total. The standard InChI is InChI=1S/C12H11ClF3N3O2/c1-6(20)10-3-8(21-19-10)5-18-11-9(13)2-7(4-17-11)12(14,15)16/h2,4,8H,3,5H2,1H3,(H,17,18)/t8-/m0/s1. The molecule has 0 saturated heterocycles. The molecule has 1 N–H and O–H groups in total. The second-order valence-corrected chi connectivity index (χ2v) is 4.87. The van der Waals surface area contributed by atoms with Gasteiger partial charge >= 0.3 is 6.18 Å². The lowest BCUT2D eigenvalue weighted by Gasteiger charge is -2.13. The zero-order valence-corrected chi connectivity index (χ0v) is 11.6. The maximum atomic E-state index is 12.5. The number of ketones is 1. The molecule has 2 heterocycles. The summed E-state index contributed by atoms with van der Waals surface area (Å²) in [5.74, 6) is -0.0623. The fourth-order valence-electron chi connectivity index (χ4n) is 1.68. The van der Waals surface area contributed by atoms with Crippen molar-refractivity contribution in [1.82, 2.24) is 4.98 Å². The molecule has 0 bridgehead atoms. The molecule has 1 aromatic heterocycles. The summed E-state index contributed by atoms with van der Waals surface area (Å²) in [5.41, 5.74) is -0.592. The van der Waals surface area contributed by atoms with E-state index in [0.717, 1.165) is 6.07 Å². The number of aromatic nitrogens is 1. The molecular formula is C12H11ClF3N3O2. The second kappa shape index (κ2) is 5.88. The highest BCUT2D eigenvalue weighted by Gasteiger charge is 2.31. The molecule has 0 radical (unpaired) electrons. The predicted octanol–water partition coefficient (Wildman–Crippen LogP) is 2.90. The molecule has 0 spiro atoms. The van der Waals surface area contributed by atoms with Gasteiger partial charge in [0.2, 0.25) is 0 Å². The van der Waals surface area contributed by atoms with E-state index < -0.39 is 11.7 Å². The molecule has 1 aliphatic rings. The van der Waals surface area contributed by atoms with E-state index >= 15 is 0 Å². The first kappa shape index (κ1) is 15.6. The van der Waals surface area contributed by atoms with Crippen molar-refractivity contribution < 1.29 is 22.8 Å². The van der Waals surface area contributed by atoms with Gasteiger partial charge in [-0.2, -0.15) is 13.2 Å². The van der Waals surface area contributed by atoms with Crippen LogP contribution in [0.4, 0.5) is 19.0 Å². The molecular weight excluding hydrogens is 311 g/mol. The number of carbonyl (C=O) groups excluding carboxylic acids is 1. The fourth-order valence-corrected chi connectivity index (χ4v) is 1.91. The smallest absolute Gasteiger partial charge is 0.390 e. The first-order valence-electron chi connectivity index (χ1n) is 5.97. The third-order valence-electron chi connectivity index (χ3n) is 2.81. The van der Waals surface area contributed by atoms with Crippen molar-refractivity contribution >= 4 is 28.9 Å². The molecule has 0 aromatic carbocycles. The Kier molecular flexibility index (Phi) is 4.36. The van der Waals surface area contributed by atoms with E-state index in [9.17, 15) is 18.0 Å². The number of anilines is 1. The van der Waals surface area contributed by atoms with Crippen LogP contribution in [0.5, 0.6) is 0 Å². The number of carbonyl (C=O) groups is 1. The number of pyridine rings is 1. The zero-order valence-electron chi connectivity index (χ0n) is 10.9. The number of oxime groups is 1. The minimum atomic E-state index is -4.49. The minimum absolute atomic E-state index is 0.115. The summed E-state index contributed by atoms with van der Waals surface area (Å²) in [5, 5.41) is 6.25. The van der Waals surface area contributed by atoms with Crippen molar-refractivity contribution in [2.75, 3.05) is 11.9 Å². The van der Waals surface area contributed by atoms with E-state index in [2.05, 4.69) is 15.5 Å². The first-order valence-corrected chi connectivity index (χ1v) is 6.35. The topological polar surface area (TPSA) is 63.6 Å². The Morgan fingerprint density at radius 3 is 2.81 bits per heavy atom. The van der Waals surface area contributed by atoms with Gasteiger partial charge in [0.25, 0.3) is 0 Å². The number of halogens is 4. The summed E-state index contributed by atoms with van der Waals surface area (Å²) in [6.45, 7) is 1.60. The van der Waals surface area contributed by atoms with Gasteiger partial charge in [0.1, 0.15) is 11.5 Å². The van der Waals surface area contributed by atoms with Crippen LogP contribution in [0.3, 0.4) is 0 Å². The molecule has 0 unspecified atom stereocenters. The number of nitrogens with one attached hydrogen (secondary N) is 1. The van der Waals surface area contributed by atoms with E-state index in [1.165, 1.54) is 6.92 Å². The summed E-state index contributed by atoms with van der Waals surface area (Å²) in [6.07, 6.45) is -3.85. The van der Waals surface area contributed by atoms with Crippen LogP contribution < -0.4 is 5.32 Å². The van der Waals surface area contributed by atoms with Gasteiger partial charge in [-0.05, 0) is 6.07 Å². The lowest BCUT2D eigenvalue weighted by atomic mass is 10.1. The number of alkyl halides is 3. The largest absolute Gasteiger partial charge is 0.417 e. The molecule has 114 valence electrons. The second-order valence-electron chi connectivity index (χ2n) is 4.46. The molecule has 1 atom stereocenters. The van der Waals surface area contributed by atoms with Crippen molar-refractivity contribution in [3.8, 4) is 0 Å². The van der Waals surface area contributed by atoms with Crippen molar-refractivity contribution in [2.24, 2.45) is 5.16 Å². The Labute approximate surface area is 123 Å². The molecule has 0 saturated carbocycles. The highest BCUT2D eigenvalue weighted by molar-refractivity contribution is 6.39. The molecule has 0 aliphatic carbocycles. The number of hydrogen-bond acceptors (Lipinski definition) is 5. The molecule has 2 rings (SSSR count). The summed E-state index contributed by atoms with van der Waals surface area (Å²) in [4.78, 5) is 19.7. The normalized spacial score (nSPS) is 18.1. The molecule has 9 heteroatoms. The van der Waals surface area contributed by atoms with Crippen LogP contribution in [-0.2, 0) is 15.8 Å². The number of rotatable bonds is 4. The quantitative estimate of drug-likeness (QED) is 0.926. The van der Waals surface area contributed by atoms with Gasteiger partial charge in [-0.1, -0.05) is 16.8 Å². The van der Waals surface area contributed by atoms with Gasteiger partial charge in [-0.3, -0.25) is 4.79 Å². The Morgan fingerprint density at radius 1 is 1.57 bits per heavy atom.